The largest absolute Gasteiger partial charge is 0.394 e. The van der Waals surface area contributed by atoms with Gasteiger partial charge in [0.05, 0.1) is 38.6 Å². The molecule has 3 rings (SSSR count). The molecular weight excluding hydrogens is 1420 g/mol. The lowest BCUT2D eigenvalue weighted by molar-refractivity contribution is -0.379. The number of amides is 1. The zero-order valence-corrected chi connectivity index (χ0v) is 68.8. The molecule has 3 aliphatic heterocycles. The smallest absolute Gasteiger partial charge is 0.220 e. The van der Waals surface area contributed by atoms with Gasteiger partial charge in [0, 0.05) is 6.42 Å². The van der Waals surface area contributed by atoms with Crippen molar-refractivity contribution in [3.05, 3.63) is 158 Å². The second kappa shape index (κ2) is 70.6. The average molecular weight is 1580 g/mol. The number of nitrogens with one attached hydrogen (secondary N) is 1. The van der Waals surface area contributed by atoms with Crippen LogP contribution in [0.3, 0.4) is 0 Å². The van der Waals surface area contributed by atoms with Crippen LogP contribution in [0.2, 0.25) is 0 Å². The Balaban J connectivity index is 1.39. The molecule has 3 aliphatic rings. The first-order chi connectivity index (χ1) is 54.8. The van der Waals surface area contributed by atoms with Crippen LogP contribution in [-0.4, -0.2) is 193 Å². The Morgan fingerprint density at radius 3 is 1.00 bits per heavy atom. The highest BCUT2D eigenvalue weighted by molar-refractivity contribution is 5.76. The van der Waals surface area contributed by atoms with Crippen LogP contribution in [0.5, 0.6) is 0 Å². The Labute approximate surface area is 675 Å². The molecule has 0 aromatic rings. The molecule has 112 heavy (non-hydrogen) atoms. The lowest BCUT2D eigenvalue weighted by atomic mass is 9.96. The molecule has 1 amide bonds. The van der Waals surface area contributed by atoms with Gasteiger partial charge in [0.25, 0.3) is 0 Å². The molecule has 12 N–H and O–H groups in total. The molecule has 0 saturated carbocycles. The van der Waals surface area contributed by atoms with Crippen LogP contribution in [0.4, 0.5) is 0 Å². The molecule has 17 unspecified atom stereocenters. The second-order valence-corrected chi connectivity index (χ2v) is 30.2. The van der Waals surface area contributed by atoms with Gasteiger partial charge in [-0.05, 0) is 122 Å². The van der Waals surface area contributed by atoms with Gasteiger partial charge in [-0.25, -0.2) is 0 Å². The minimum atomic E-state index is -2.00. The van der Waals surface area contributed by atoms with Gasteiger partial charge in [0.15, 0.2) is 18.9 Å². The van der Waals surface area contributed by atoms with E-state index in [0.29, 0.717) is 12.8 Å². The number of ether oxygens (including phenoxy) is 6. The van der Waals surface area contributed by atoms with Crippen LogP contribution in [0.25, 0.3) is 0 Å². The molecule has 19 heteroatoms. The van der Waals surface area contributed by atoms with Crippen LogP contribution in [-0.2, 0) is 33.2 Å². The van der Waals surface area contributed by atoms with Crippen LogP contribution in [0.1, 0.15) is 290 Å². The van der Waals surface area contributed by atoms with Gasteiger partial charge in [-0.2, -0.15) is 0 Å². The lowest BCUT2D eigenvalue weighted by Crippen LogP contribution is -2.66. The van der Waals surface area contributed by atoms with Gasteiger partial charge in [0.1, 0.15) is 73.2 Å². The van der Waals surface area contributed by atoms with Crippen LogP contribution >= 0.6 is 0 Å². The summed E-state index contributed by atoms with van der Waals surface area (Å²) < 4.78 is 34.4. The molecule has 0 spiro atoms. The topological polar surface area (TPSA) is 307 Å². The maximum absolute atomic E-state index is 13.5. The number of allylic oxidation sites excluding steroid dienone is 25. The van der Waals surface area contributed by atoms with Crippen molar-refractivity contribution >= 4 is 5.91 Å². The van der Waals surface area contributed by atoms with Gasteiger partial charge in [-0.15, -0.1) is 0 Å². The summed E-state index contributed by atoms with van der Waals surface area (Å²) in [6.07, 6.45) is 78.1. The van der Waals surface area contributed by atoms with Crippen molar-refractivity contribution in [2.45, 2.75) is 394 Å². The van der Waals surface area contributed by atoms with E-state index in [1.807, 2.05) is 6.08 Å². The minimum Gasteiger partial charge on any atom is -0.394 e. The Bertz CT molecular complexity index is 2640. The van der Waals surface area contributed by atoms with Gasteiger partial charge in [0.2, 0.25) is 5.91 Å². The summed E-state index contributed by atoms with van der Waals surface area (Å²) in [5.41, 5.74) is 0. The number of aliphatic hydroxyl groups excluding tert-OH is 11. The van der Waals surface area contributed by atoms with Gasteiger partial charge >= 0.3 is 0 Å². The van der Waals surface area contributed by atoms with Crippen molar-refractivity contribution in [1.82, 2.24) is 5.32 Å². The highest BCUT2D eigenvalue weighted by Crippen LogP contribution is 2.33. The number of aliphatic hydroxyl groups is 11. The lowest BCUT2D eigenvalue weighted by Gasteiger charge is -2.48. The van der Waals surface area contributed by atoms with E-state index >= 15 is 0 Å². The SMILES string of the molecule is CC/C=C\C/C=C\C/C=C\C/C=C\C/C=C\C/C=C\C/C=C\C/C=C\C/C=C\C/C=C\CCCCCCC(=O)NC(COC1OC(CO)C(OC2OC(CO)C(OC3OC(CO)C(O)C(O)C3O)C(O)C2O)C(O)C1O)C(O)/C=C/CC/C=C/CC/C=C/CCCCCCCCCCCCCCCCCCCCCCCC. The fourth-order valence-electron chi connectivity index (χ4n) is 13.6. The maximum atomic E-state index is 13.5. The van der Waals surface area contributed by atoms with Crippen molar-refractivity contribution in [2.75, 3.05) is 26.4 Å². The number of hydrogen-bond acceptors (Lipinski definition) is 18. The molecule has 640 valence electrons. The van der Waals surface area contributed by atoms with Crippen LogP contribution in [0.15, 0.2) is 158 Å². The molecule has 0 bridgehead atoms. The van der Waals surface area contributed by atoms with Crippen molar-refractivity contribution < 1.29 is 89.4 Å². The molecule has 17 atom stereocenters. The summed E-state index contributed by atoms with van der Waals surface area (Å²) in [6, 6.07) is -1.03. The minimum absolute atomic E-state index is 0.191. The quantitative estimate of drug-likeness (QED) is 0.0199. The highest BCUT2D eigenvalue weighted by atomic mass is 16.8. The van der Waals surface area contributed by atoms with E-state index in [-0.39, 0.29) is 12.3 Å². The van der Waals surface area contributed by atoms with E-state index in [9.17, 15) is 61.0 Å². The Kier molecular flexibility index (Phi) is 64.0. The van der Waals surface area contributed by atoms with Crippen molar-refractivity contribution in [2.24, 2.45) is 0 Å². The summed E-state index contributed by atoms with van der Waals surface area (Å²) in [7, 11) is 0. The van der Waals surface area contributed by atoms with E-state index in [1.54, 1.807) is 6.08 Å². The first-order valence-electron chi connectivity index (χ1n) is 43.7. The molecule has 19 nitrogen and oxygen atoms in total. The van der Waals surface area contributed by atoms with E-state index in [2.05, 4.69) is 165 Å². The van der Waals surface area contributed by atoms with Gasteiger partial charge in [-0.3, -0.25) is 4.79 Å². The molecule has 3 saturated heterocycles. The summed E-state index contributed by atoms with van der Waals surface area (Å²) in [5.74, 6) is -0.319. The first kappa shape index (κ1) is 102. The highest BCUT2D eigenvalue weighted by Gasteiger charge is 2.54. The summed E-state index contributed by atoms with van der Waals surface area (Å²) in [6.45, 7) is 1.59. The number of carbonyl (C=O) groups is 1. The van der Waals surface area contributed by atoms with Crippen molar-refractivity contribution in [1.29, 1.82) is 0 Å². The van der Waals surface area contributed by atoms with E-state index in [4.69, 9.17) is 28.4 Å². The Morgan fingerprint density at radius 2 is 0.625 bits per heavy atom. The molecule has 0 radical (unpaired) electrons. The van der Waals surface area contributed by atoms with E-state index < -0.39 is 131 Å². The summed E-state index contributed by atoms with van der Waals surface area (Å²) >= 11 is 0. The molecule has 0 aromatic carbocycles. The van der Waals surface area contributed by atoms with Crippen LogP contribution < -0.4 is 5.32 Å². The normalized spacial score (nSPS) is 25.7. The molecular formula is C93H155NO18. The average Bonchev–Trinajstić information content (AvgIpc) is 0.782. The monoisotopic (exact) mass is 1570 g/mol. The van der Waals surface area contributed by atoms with Crippen molar-refractivity contribution in [3.63, 3.8) is 0 Å². The van der Waals surface area contributed by atoms with E-state index in [1.165, 1.54) is 141 Å². The van der Waals surface area contributed by atoms with Crippen molar-refractivity contribution in [3.8, 4) is 0 Å². The summed E-state index contributed by atoms with van der Waals surface area (Å²) in [5, 5.41) is 121. The number of hydrogen-bond donors (Lipinski definition) is 12. The Hall–Kier alpha value is -4.59. The standard InChI is InChI=1S/C93H155NO18/c1-3-5-7-9-11-13-15-17-19-21-23-25-27-29-31-33-35-37-38-39-41-43-45-47-49-51-53-55-57-59-61-63-65-67-69-71-81(99)94-76(77(98)70-68-66-64-62-60-58-56-54-52-50-48-46-44-42-40-36-34-32-30-28-26-24-22-20-18-16-14-12-10-8-6-4-2)75-107-91-87(105)84(102)89(79(73-96)109-91)112-93-88(106)85(103)90(80(74-97)110-93)111-92-86(104)83(101)82(100)78(72-95)108-92/h5,7,11,13,17,19,23,25,29,31,35,37,39,41,45,47,51-54,57,59-60,62,68,70,76-80,82-93,95-98,100-106H,3-4,6,8-10,12,14-16,18,20-22,24,26-28,30,32-34,36,38,40,42-44,46,48-50,55-56,58,61,63-67,69,71-75H2,1-2H3,(H,94,99)/b7-5-,13-11-,19-17-,25-23-,31-29-,37-35-,41-39-,47-45-,53-51-,54-52+,59-57-,62-60+,70-68+. The fourth-order valence-corrected chi connectivity index (χ4v) is 13.6. The summed E-state index contributed by atoms with van der Waals surface area (Å²) in [4.78, 5) is 13.5. The van der Waals surface area contributed by atoms with Gasteiger partial charge < -0.3 is 89.9 Å². The molecule has 3 fully saturated rings. The molecule has 0 aromatic heterocycles. The second-order valence-electron chi connectivity index (χ2n) is 30.2. The fraction of sp³-hybridized carbons (Fsp3) is 0.710. The predicted octanol–water partition coefficient (Wildman–Crippen LogP) is 16.3. The molecule has 0 aliphatic carbocycles. The van der Waals surface area contributed by atoms with Gasteiger partial charge in [-0.1, -0.05) is 320 Å². The third-order valence-electron chi connectivity index (χ3n) is 20.5. The third-order valence-corrected chi connectivity index (χ3v) is 20.5. The Morgan fingerprint density at radius 1 is 0.330 bits per heavy atom. The maximum Gasteiger partial charge on any atom is 0.220 e. The number of rotatable bonds is 68. The number of unbranched alkanes of at least 4 members (excludes halogenated alkanes) is 28. The molecule has 3 heterocycles. The first-order valence-corrected chi connectivity index (χ1v) is 43.7. The zero-order chi connectivity index (χ0) is 81.0. The predicted molar refractivity (Wildman–Crippen MR) is 452 cm³/mol. The number of carbonyl (C=O) groups excluding carboxylic acids is 1. The van der Waals surface area contributed by atoms with Crippen LogP contribution in [0, 0.1) is 0 Å². The van der Waals surface area contributed by atoms with E-state index in [0.717, 1.165) is 116 Å². The third kappa shape index (κ3) is 48.8. The zero-order valence-electron chi connectivity index (χ0n) is 68.8.